The molecule has 0 unspecified atom stereocenters. The predicted octanol–water partition coefficient (Wildman–Crippen LogP) is 2.18. The van der Waals surface area contributed by atoms with Gasteiger partial charge in [-0.05, 0) is 41.0 Å². The Hall–Kier alpha value is -2.00. The lowest BCUT2D eigenvalue weighted by Crippen LogP contribution is -1.91. The molecule has 0 aliphatic carbocycles. The third-order valence-corrected chi connectivity index (χ3v) is 2.66. The molecule has 3 heteroatoms. The Bertz CT molecular complexity index is 503. The molecule has 17 heavy (non-hydrogen) atoms. The zero-order valence-corrected chi connectivity index (χ0v) is 9.30. The van der Waals surface area contributed by atoms with E-state index in [9.17, 15) is 10.2 Å². The fourth-order valence-corrected chi connectivity index (χ4v) is 1.71. The van der Waals surface area contributed by atoms with Crippen molar-refractivity contribution in [3.63, 3.8) is 0 Å². The number of phenols is 2. The van der Waals surface area contributed by atoms with Crippen LogP contribution in [0.3, 0.4) is 0 Å². The van der Waals surface area contributed by atoms with Crippen molar-refractivity contribution in [2.24, 2.45) is 0 Å². The van der Waals surface area contributed by atoms with E-state index >= 15 is 0 Å². The highest BCUT2D eigenvalue weighted by molar-refractivity contribution is 5.40. The number of aliphatic hydroxyl groups is 1. The van der Waals surface area contributed by atoms with E-state index in [0.717, 1.165) is 16.7 Å². The number of benzene rings is 2. The van der Waals surface area contributed by atoms with Gasteiger partial charge in [0.15, 0.2) is 0 Å². The molecule has 0 saturated carbocycles. The summed E-state index contributed by atoms with van der Waals surface area (Å²) in [4.78, 5) is 0. The number of rotatable bonds is 3. The molecule has 0 fully saturated rings. The van der Waals surface area contributed by atoms with Gasteiger partial charge in [0, 0.05) is 6.42 Å². The number of hydrogen-bond acceptors (Lipinski definition) is 3. The first-order valence-electron chi connectivity index (χ1n) is 5.38. The van der Waals surface area contributed by atoms with Crippen molar-refractivity contribution in [2.75, 3.05) is 0 Å². The molecule has 0 saturated heterocycles. The molecular formula is C14H14O3. The van der Waals surface area contributed by atoms with Gasteiger partial charge in [-0.25, -0.2) is 0 Å². The molecular weight excluding hydrogens is 216 g/mol. The van der Waals surface area contributed by atoms with Crippen molar-refractivity contribution >= 4 is 0 Å². The molecule has 0 atom stereocenters. The normalized spacial score (nSPS) is 10.4. The molecule has 2 aromatic carbocycles. The largest absolute Gasteiger partial charge is 0.508 e. The molecule has 88 valence electrons. The Kier molecular flexibility index (Phi) is 3.30. The molecule has 2 rings (SSSR count). The summed E-state index contributed by atoms with van der Waals surface area (Å²) in [7, 11) is 0. The summed E-state index contributed by atoms with van der Waals surface area (Å²) in [6.45, 7) is -0.0388. The molecule has 0 amide bonds. The lowest BCUT2D eigenvalue weighted by Gasteiger charge is -2.07. The Balaban J connectivity index is 2.25. The fourth-order valence-electron chi connectivity index (χ4n) is 1.71. The Morgan fingerprint density at radius 3 is 2.12 bits per heavy atom. The molecule has 0 aliphatic heterocycles. The van der Waals surface area contributed by atoms with Crippen LogP contribution in [0.4, 0.5) is 0 Å². The monoisotopic (exact) mass is 230 g/mol. The standard InChI is InChI=1S/C14H14O3/c15-9-11-3-6-14(17)12(8-11)7-10-1-4-13(16)5-2-10/h1-6,8,15-17H,7,9H2. The maximum atomic E-state index is 9.72. The van der Waals surface area contributed by atoms with Crippen LogP contribution in [0.2, 0.25) is 0 Å². The van der Waals surface area contributed by atoms with Gasteiger partial charge in [0.1, 0.15) is 11.5 Å². The third kappa shape index (κ3) is 2.77. The van der Waals surface area contributed by atoms with Crippen molar-refractivity contribution < 1.29 is 15.3 Å². The number of aromatic hydroxyl groups is 2. The lowest BCUT2D eigenvalue weighted by molar-refractivity contribution is 0.281. The minimum Gasteiger partial charge on any atom is -0.508 e. The molecule has 3 N–H and O–H groups in total. The quantitative estimate of drug-likeness (QED) is 0.757. The average molecular weight is 230 g/mol. The van der Waals surface area contributed by atoms with Gasteiger partial charge in [-0.3, -0.25) is 0 Å². The van der Waals surface area contributed by atoms with Gasteiger partial charge in [-0.15, -0.1) is 0 Å². The van der Waals surface area contributed by atoms with Gasteiger partial charge in [-0.1, -0.05) is 18.2 Å². The Morgan fingerprint density at radius 1 is 0.824 bits per heavy atom. The molecule has 0 bridgehead atoms. The molecule has 0 heterocycles. The summed E-state index contributed by atoms with van der Waals surface area (Å²) < 4.78 is 0. The van der Waals surface area contributed by atoms with Crippen LogP contribution in [0.15, 0.2) is 42.5 Å². The van der Waals surface area contributed by atoms with Crippen LogP contribution in [0.25, 0.3) is 0 Å². The summed E-state index contributed by atoms with van der Waals surface area (Å²) in [5.41, 5.74) is 2.53. The maximum absolute atomic E-state index is 9.72. The van der Waals surface area contributed by atoms with Crippen LogP contribution < -0.4 is 0 Å². The third-order valence-electron chi connectivity index (χ3n) is 2.66. The van der Waals surface area contributed by atoms with E-state index in [-0.39, 0.29) is 18.1 Å². The minimum atomic E-state index is -0.0388. The first kappa shape index (κ1) is 11.5. The van der Waals surface area contributed by atoms with Gasteiger partial charge in [0.2, 0.25) is 0 Å². The molecule has 0 spiro atoms. The van der Waals surface area contributed by atoms with Crippen molar-refractivity contribution in [1.29, 1.82) is 0 Å². The Morgan fingerprint density at radius 2 is 1.47 bits per heavy atom. The highest BCUT2D eigenvalue weighted by atomic mass is 16.3. The highest BCUT2D eigenvalue weighted by Gasteiger charge is 2.04. The van der Waals surface area contributed by atoms with Crippen molar-refractivity contribution in [1.82, 2.24) is 0 Å². The van der Waals surface area contributed by atoms with E-state index in [0.29, 0.717) is 6.42 Å². The molecule has 3 nitrogen and oxygen atoms in total. The van der Waals surface area contributed by atoms with Crippen molar-refractivity contribution in [3.8, 4) is 11.5 Å². The zero-order chi connectivity index (χ0) is 12.3. The van der Waals surface area contributed by atoms with Crippen LogP contribution in [-0.4, -0.2) is 15.3 Å². The number of aliphatic hydroxyl groups excluding tert-OH is 1. The van der Waals surface area contributed by atoms with Crippen LogP contribution in [0.1, 0.15) is 16.7 Å². The summed E-state index contributed by atoms with van der Waals surface area (Å²) in [5, 5.41) is 27.9. The van der Waals surface area contributed by atoms with Crippen LogP contribution in [-0.2, 0) is 13.0 Å². The van der Waals surface area contributed by atoms with Crippen molar-refractivity contribution in [3.05, 3.63) is 59.2 Å². The van der Waals surface area contributed by atoms with E-state index in [1.54, 1.807) is 42.5 Å². The van der Waals surface area contributed by atoms with Crippen LogP contribution in [0.5, 0.6) is 11.5 Å². The minimum absolute atomic E-state index is 0.0388. The van der Waals surface area contributed by atoms with E-state index < -0.39 is 0 Å². The van der Waals surface area contributed by atoms with Crippen molar-refractivity contribution in [2.45, 2.75) is 13.0 Å². The van der Waals surface area contributed by atoms with Crippen LogP contribution >= 0.6 is 0 Å². The van der Waals surface area contributed by atoms with E-state index in [1.165, 1.54) is 0 Å². The second-order valence-electron chi connectivity index (χ2n) is 3.96. The average Bonchev–Trinajstić information content (AvgIpc) is 2.35. The molecule has 0 aromatic heterocycles. The van der Waals surface area contributed by atoms with Crippen LogP contribution in [0, 0.1) is 0 Å². The molecule has 2 aromatic rings. The lowest BCUT2D eigenvalue weighted by atomic mass is 10.0. The second kappa shape index (κ2) is 4.89. The fraction of sp³-hybridized carbons (Fsp3) is 0.143. The van der Waals surface area contributed by atoms with Gasteiger partial charge in [0.05, 0.1) is 6.61 Å². The van der Waals surface area contributed by atoms with Gasteiger partial charge < -0.3 is 15.3 Å². The van der Waals surface area contributed by atoms with E-state index in [1.807, 2.05) is 0 Å². The van der Waals surface area contributed by atoms with Gasteiger partial charge >= 0.3 is 0 Å². The second-order valence-corrected chi connectivity index (χ2v) is 3.96. The summed E-state index contributed by atoms with van der Waals surface area (Å²) in [6, 6.07) is 11.9. The van der Waals surface area contributed by atoms with E-state index in [4.69, 9.17) is 5.11 Å². The molecule has 0 aliphatic rings. The zero-order valence-electron chi connectivity index (χ0n) is 9.30. The summed E-state index contributed by atoms with van der Waals surface area (Å²) >= 11 is 0. The van der Waals surface area contributed by atoms with Gasteiger partial charge in [0.25, 0.3) is 0 Å². The summed E-state index contributed by atoms with van der Waals surface area (Å²) in [6.07, 6.45) is 0.569. The first-order chi connectivity index (χ1) is 8.19. The summed E-state index contributed by atoms with van der Waals surface area (Å²) in [5.74, 6) is 0.442. The number of phenolic OH excluding ortho intramolecular Hbond substituents is 2. The SMILES string of the molecule is OCc1ccc(O)c(Cc2ccc(O)cc2)c1. The predicted molar refractivity (Wildman–Crippen MR) is 64.9 cm³/mol. The highest BCUT2D eigenvalue weighted by Crippen LogP contribution is 2.22. The first-order valence-corrected chi connectivity index (χ1v) is 5.38. The maximum Gasteiger partial charge on any atom is 0.119 e. The van der Waals surface area contributed by atoms with Gasteiger partial charge in [-0.2, -0.15) is 0 Å². The molecule has 0 radical (unpaired) electrons. The number of hydrogen-bond donors (Lipinski definition) is 3. The smallest absolute Gasteiger partial charge is 0.119 e. The van der Waals surface area contributed by atoms with E-state index in [2.05, 4.69) is 0 Å². The topological polar surface area (TPSA) is 60.7 Å². The Labute approximate surface area is 99.6 Å².